The van der Waals surface area contributed by atoms with Crippen LogP contribution in [0.5, 0.6) is 0 Å². The summed E-state index contributed by atoms with van der Waals surface area (Å²) in [6.45, 7) is 0.0481. The van der Waals surface area contributed by atoms with Crippen LogP contribution < -0.4 is 5.73 Å². The Kier molecular flexibility index (Phi) is 12.5. The molecule has 1 aliphatic rings. The molecule has 2 N–H and O–H groups in total. The van der Waals surface area contributed by atoms with Crippen molar-refractivity contribution in [1.82, 2.24) is 14.7 Å². The molecule has 1 heterocycles. The van der Waals surface area contributed by atoms with Gasteiger partial charge in [0.05, 0.1) is 13.0 Å². The number of primary amides is 1. The Balaban J connectivity index is 1.40. The monoisotopic (exact) mass is 698 g/mol. The fourth-order valence-electron chi connectivity index (χ4n) is 6.31. The van der Waals surface area contributed by atoms with Gasteiger partial charge in [0.1, 0.15) is 18.1 Å². The van der Waals surface area contributed by atoms with Crippen LogP contribution in [0.4, 0.5) is 0 Å². The SMILES string of the molecule is NC(=O)CN(C(=O)CC1C(=O)N(CCc2ccccc2)CC(=O)N1CCC(c1ccccc1)c1ccccc1)C(Cl)Cc1ccc(Cl)cc1. The van der Waals surface area contributed by atoms with Gasteiger partial charge in [0, 0.05) is 30.5 Å². The van der Waals surface area contributed by atoms with Gasteiger partial charge in [0.15, 0.2) is 0 Å². The van der Waals surface area contributed by atoms with Gasteiger partial charge < -0.3 is 20.4 Å². The molecule has 0 spiro atoms. The van der Waals surface area contributed by atoms with Crippen LogP contribution >= 0.6 is 23.2 Å². The minimum absolute atomic E-state index is 0.0456. The molecule has 8 nitrogen and oxygen atoms in total. The zero-order chi connectivity index (χ0) is 34.8. The maximum atomic E-state index is 14.2. The van der Waals surface area contributed by atoms with Crippen LogP contribution in [-0.4, -0.2) is 76.1 Å². The number of benzene rings is 4. The van der Waals surface area contributed by atoms with Gasteiger partial charge in [-0.25, -0.2) is 0 Å². The zero-order valence-electron chi connectivity index (χ0n) is 27.2. The summed E-state index contributed by atoms with van der Waals surface area (Å²) in [6, 6.07) is 35.7. The van der Waals surface area contributed by atoms with E-state index in [-0.39, 0.29) is 43.7 Å². The first kappa shape index (κ1) is 35.6. The van der Waals surface area contributed by atoms with Crippen LogP contribution in [-0.2, 0) is 32.0 Å². The number of carbonyl (C=O) groups excluding carboxylic acids is 4. The second kappa shape index (κ2) is 17.1. The first-order valence-corrected chi connectivity index (χ1v) is 17.2. The Labute approximate surface area is 297 Å². The topological polar surface area (TPSA) is 104 Å². The van der Waals surface area contributed by atoms with Crippen molar-refractivity contribution < 1.29 is 19.2 Å². The average molecular weight is 700 g/mol. The molecule has 4 amide bonds. The summed E-state index contributed by atoms with van der Waals surface area (Å²) in [7, 11) is 0. The van der Waals surface area contributed by atoms with Crippen molar-refractivity contribution >= 4 is 46.8 Å². The number of piperazine rings is 1. The smallest absolute Gasteiger partial charge is 0.246 e. The molecule has 0 saturated carbocycles. The molecular weight excluding hydrogens is 659 g/mol. The van der Waals surface area contributed by atoms with Crippen LogP contribution in [0.3, 0.4) is 0 Å². The maximum absolute atomic E-state index is 14.2. The lowest BCUT2D eigenvalue weighted by Crippen LogP contribution is -2.61. The molecule has 1 saturated heterocycles. The standard InChI is InChI=1S/C39H40Cl2N4O4/c40-32-18-16-29(17-19-32)24-35(41)45(26-36(42)46)37(47)25-34-39(49)43(22-20-28-10-4-1-5-11-28)27-38(48)44(34)23-21-33(30-12-6-2-7-13-30)31-14-8-3-9-15-31/h1-19,33-35H,20-27H2,(H2,42,46). The van der Waals surface area contributed by atoms with Crippen LogP contribution in [0.15, 0.2) is 115 Å². The third-order valence-electron chi connectivity index (χ3n) is 8.87. The molecule has 254 valence electrons. The van der Waals surface area contributed by atoms with E-state index in [0.29, 0.717) is 24.4 Å². The highest BCUT2D eigenvalue weighted by atomic mass is 35.5. The van der Waals surface area contributed by atoms with Crippen molar-refractivity contribution in [2.75, 3.05) is 26.2 Å². The van der Waals surface area contributed by atoms with E-state index in [4.69, 9.17) is 28.9 Å². The first-order valence-electron chi connectivity index (χ1n) is 16.4. The highest BCUT2D eigenvalue weighted by molar-refractivity contribution is 6.30. The molecule has 1 aliphatic heterocycles. The minimum atomic E-state index is -1.08. The van der Waals surface area contributed by atoms with Gasteiger partial charge in [-0.2, -0.15) is 0 Å². The minimum Gasteiger partial charge on any atom is -0.368 e. The Hall–Kier alpha value is -4.66. The summed E-state index contributed by atoms with van der Waals surface area (Å²) in [5.41, 5.74) is 8.63. The molecular formula is C39H40Cl2N4O4. The molecule has 5 rings (SSSR count). The number of hydrogen-bond acceptors (Lipinski definition) is 4. The highest BCUT2D eigenvalue weighted by Crippen LogP contribution is 2.30. The van der Waals surface area contributed by atoms with E-state index in [1.807, 2.05) is 66.7 Å². The second-order valence-corrected chi connectivity index (χ2v) is 13.2. The Morgan fingerprint density at radius 2 is 1.37 bits per heavy atom. The molecule has 4 aromatic rings. The van der Waals surface area contributed by atoms with Crippen LogP contribution in [0.2, 0.25) is 5.02 Å². The first-order chi connectivity index (χ1) is 23.7. The van der Waals surface area contributed by atoms with Crippen molar-refractivity contribution in [2.45, 2.75) is 43.1 Å². The molecule has 0 bridgehead atoms. The van der Waals surface area contributed by atoms with Gasteiger partial charge in [-0.1, -0.05) is 126 Å². The van der Waals surface area contributed by atoms with E-state index in [9.17, 15) is 19.2 Å². The van der Waals surface area contributed by atoms with Gasteiger partial charge in [-0.3, -0.25) is 19.2 Å². The lowest BCUT2D eigenvalue weighted by molar-refractivity contribution is -0.158. The van der Waals surface area contributed by atoms with Crippen LogP contribution in [0, 0.1) is 0 Å². The van der Waals surface area contributed by atoms with Crippen molar-refractivity contribution in [3.05, 3.63) is 143 Å². The molecule has 0 aromatic heterocycles. The van der Waals surface area contributed by atoms with Crippen molar-refractivity contribution in [2.24, 2.45) is 5.73 Å². The zero-order valence-corrected chi connectivity index (χ0v) is 28.7. The average Bonchev–Trinajstić information content (AvgIpc) is 3.11. The second-order valence-electron chi connectivity index (χ2n) is 12.2. The number of hydrogen-bond donors (Lipinski definition) is 1. The molecule has 49 heavy (non-hydrogen) atoms. The summed E-state index contributed by atoms with van der Waals surface area (Å²) in [4.78, 5) is 58.4. The Morgan fingerprint density at radius 3 is 1.94 bits per heavy atom. The number of nitrogens with zero attached hydrogens (tertiary/aromatic N) is 3. The number of halogens is 2. The van der Waals surface area contributed by atoms with E-state index >= 15 is 0 Å². The van der Waals surface area contributed by atoms with Crippen molar-refractivity contribution in [3.63, 3.8) is 0 Å². The lowest BCUT2D eigenvalue weighted by atomic mass is 9.88. The summed E-state index contributed by atoms with van der Waals surface area (Å²) < 4.78 is 0. The summed E-state index contributed by atoms with van der Waals surface area (Å²) in [5, 5.41) is 0.555. The number of amides is 4. The quantitative estimate of drug-likeness (QED) is 0.128. The summed E-state index contributed by atoms with van der Waals surface area (Å²) in [5.74, 6) is -1.89. The molecule has 10 heteroatoms. The van der Waals surface area contributed by atoms with E-state index in [2.05, 4.69) is 24.3 Å². The Morgan fingerprint density at radius 1 is 0.796 bits per heavy atom. The molecule has 2 atom stereocenters. The van der Waals surface area contributed by atoms with Crippen LogP contribution in [0.1, 0.15) is 41.0 Å². The van der Waals surface area contributed by atoms with Gasteiger partial charge in [-0.15, -0.1) is 0 Å². The Bertz CT molecular complexity index is 1670. The largest absolute Gasteiger partial charge is 0.368 e. The van der Waals surface area contributed by atoms with E-state index < -0.39 is 29.9 Å². The summed E-state index contributed by atoms with van der Waals surface area (Å²) >= 11 is 12.8. The third kappa shape index (κ3) is 9.71. The predicted molar refractivity (Wildman–Crippen MR) is 192 cm³/mol. The fraction of sp³-hybridized carbons (Fsp3) is 0.282. The van der Waals surface area contributed by atoms with E-state index in [1.54, 1.807) is 24.3 Å². The van der Waals surface area contributed by atoms with Gasteiger partial charge in [0.25, 0.3) is 0 Å². The van der Waals surface area contributed by atoms with Crippen molar-refractivity contribution in [1.29, 1.82) is 0 Å². The summed E-state index contributed by atoms with van der Waals surface area (Å²) in [6.07, 6.45) is 0.966. The lowest BCUT2D eigenvalue weighted by Gasteiger charge is -2.41. The molecule has 2 unspecified atom stereocenters. The number of rotatable bonds is 15. The molecule has 0 aliphatic carbocycles. The van der Waals surface area contributed by atoms with Crippen molar-refractivity contribution in [3.8, 4) is 0 Å². The van der Waals surface area contributed by atoms with Gasteiger partial charge in [-0.05, 0) is 47.2 Å². The predicted octanol–water partition coefficient (Wildman–Crippen LogP) is 5.66. The van der Waals surface area contributed by atoms with E-state index in [1.165, 1.54) is 14.7 Å². The highest BCUT2D eigenvalue weighted by Gasteiger charge is 2.41. The maximum Gasteiger partial charge on any atom is 0.246 e. The molecule has 1 fully saturated rings. The number of nitrogens with two attached hydrogens (primary N) is 1. The molecule has 4 aromatic carbocycles. The van der Waals surface area contributed by atoms with Gasteiger partial charge >= 0.3 is 0 Å². The fourth-order valence-corrected chi connectivity index (χ4v) is 6.79. The van der Waals surface area contributed by atoms with Crippen LogP contribution in [0.25, 0.3) is 0 Å². The third-order valence-corrected chi connectivity index (χ3v) is 9.51. The molecule has 0 radical (unpaired) electrons. The van der Waals surface area contributed by atoms with Gasteiger partial charge in [0.2, 0.25) is 23.6 Å². The van der Waals surface area contributed by atoms with E-state index in [0.717, 1.165) is 22.3 Å². The normalized spacial score (nSPS) is 15.4. The number of carbonyl (C=O) groups is 4. The number of alkyl halides is 1.